The maximum atomic E-state index is 5.75. The standard InChI is InChI=1S/C13H15N3O/c1-10-5-6-12(13(14)16-10)17-9-7-11-4-2-3-8-15-11/h2-6,8H,7,9H2,1H3,(H2,14,16). The molecule has 0 radical (unpaired) electrons. The van der Waals surface area contributed by atoms with Gasteiger partial charge in [0.2, 0.25) is 0 Å². The van der Waals surface area contributed by atoms with Crippen molar-refractivity contribution in [1.82, 2.24) is 9.97 Å². The van der Waals surface area contributed by atoms with E-state index in [1.807, 2.05) is 37.3 Å². The molecular formula is C13H15N3O. The van der Waals surface area contributed by atoms with Crippen LogP contribution < -0.4 is 10.5 Å². The van der Waals surface area contributed by atoms with Crippen LogP contribution in [-0.2, 0) is 6.42 Å². The first kappa shape index (κ1) is 11.4. The minimum absolute atomic E-state index is 0.436. The molecular weight excluding hydrogens is 214 g/mol. The van der Waals surface area contributed by atoms with Crippen LogP contribution in [0.1, 0.15) is 11.4 Å². The maximum absolute atomic E-state index is 5.75. The number of rotatable bonds is 4. The molecule has 2 rings (SSSR count). The summed E-state index contributed by atoms with van der Waals surface area (Å²) in [7, 11) is 0. The molecule has 17 heavy (non-hydrogen) atoms. The van der Waals surface area contributed by atoms with E-state index in [-0.39, 0.29) is 0 Å². The van der Waals surface area contributed by atoms with E-state index in [0.717, 1.165) is 17.8 Å². The average molecular weight is 229 g/mol. The van der Waals surface area contributed by atoms with Crippen LogP contribution in [0, 0.1) is 6.92 Å². The number of nitrogens with zero attached hydrogens (tertiary/aromatic N) is 2. The third-order valence-electron chi connectivity index (χ3n) is 2.37. The van der Waals surface area contributed by atoms with Gasteiger partial charge >= 0.3 is 0 Å². The second-order valence-corrected chi connectivity index (χ2v) is 3.76. The number of nitrogen functional groups attached to an aromatic ring is 1. The van der Waals surface area contributed by atoms with Crippen LogP contribution in [0.25, 0.3) is 0 Å². The molecule has 0 atom stereocenters. The van der Waals surface area contributed by atoms with Gasteiger partial charge in [0, 0.05) is 24.0 Å². The quantitative estimate of drug-likeness (QED) is 0.871. The van der Waals surface area contributed by atoms with Crippen molar-refractivity contribution in [2.24, 2.45) is 0 Å². The highest BCUT2D eigenvalue weighted by molar-refractivity contribution is 5.46. The molecule has 4 nitrogen and oxygen atoms in total. The Balaban J connectivity index is 1.90. The first-order chi connectivity index (χ1) is 8.25. The van der Waals surface area contributed by atoms with E-state index in [1.165, 1.54) is 0 Å². The number of hydrogen-bond donors (Lipinski definition) is 1. The van der Waals surface area contributed by atoms with Crippen molar-refractivity contribution in [2.45, 2.75) is 13.3 Å². The molecule has 2 aromatic heterocycles. The summed E-state index contributed by atoms with van der Waals surface area (Å²) in [6, 6.07) is 9.55. The van der Waals surface area contributed by atoms with E-state index in [9.17, 15) is 0 Å². The molecule has 2 N–H and O–H groups in total. The monoisotopic (exact) mass is 229 g/mol. The molecule has 0 saturated carbocycles. The molecule has 0 bridgehead atoms. The minimum Gasteiger partial charge on any atom is -0.489 e. The second kappa shape index (κ2) is 5.30. The van der Waals surface area contributed by atoms with Crippen LogP contribution in [-0.4, -0.2) is 16.6 Å². The molecule has 0 aromatic carbocycles. The van der Waals surface area contributed by atoms with Gasteiger partial charge in [-0.25, -0.2) is 4.98 Å². The predicted molar refractivity (Wildman–Crippen MR) is 66.8 cm³/mol. The van der Waals surface area contributed by atoms with Gasteiger partial charge in [0.15, 0.2) is 11.6 Å². The summed E-state index contributed by atoms with van der Waals surface area (Å²) in [5.41, 5.74) is 7.64. The van der Waals surface area contributed by atoms with Crippen molar-refractivity contribution in [3.8, 4) is 5.75 Å². The van der Waals surface area contributed by atoms with Crippen LogP contribution in [0.15, 0.2) is 36.5 Å². The van der Waals surface area contributed by atoms with Gasteiger partial charge in [-0.2, -0.15) is 0 Å². The van der Waals surface area contributed by atoms with Crippen molar-refractivity contribution in [3.63, 3.8) is 0 Å². The Morgan fingerprint density at radius 2 is 2.12 bits per heavy atom. The van der Waals surface area contributed by atoms with Crippen LogP contribution in [0.2, 0.25) is 0 Å². The highest BCUT2D eigenvalue weighted by Crippen LogP contribution is 2.18. The van der Waals surface area contributed by atoms with E-state index in [4.69, 9.17) is 10.5 Å². The van der Waals surface area contributed by atoms with Gasteiger partial charge in [-0.15, -0.1) is 0 Å². The third kappa shape index (κ3) is 3.17. The molecule has 0 spiro atoms. The summed E-state index contributed by atoms with van der Waals surface area (Å²) in [6.45, 7) is 2.44. The molecule has 0 aliphatic heterocycles. The summed E-state index contributed by atoms with van der Waals surface area (Å²) in [5.74, 6) is 1.07. The van der Waals surface area contributed by atoms with Gasteiger partial charge in [-0.05, 0) is 31.2 Å². The van der Waals surface area contributed by atoms with Crippen LogP contribution in [0.3, 0.4) is 0 Å². The van der Waals surface area contributed by atoms with Gasteiger partial charge in [-0.1, -0.05) is 6.07 Å². The van der Waals surface area contributed by atoms with Gasteiger partial charge < -0.3 is 10.5 Å². The molecule has 2 heterocycles. The Bertz CT molecular complexity index is 485. The van der Waals surface area contributed by atoms with E-state index in [1.54, 1.807) is 6.20 Å². The molecule has 0 fully saturated rings. The lowest BCUT2D eigenvalue weighted by Crippen LogP contribution is -2.05. The minimum atomic E-state index is 0.436. The number of aromatic nitrogens is 2. The first-order valence-electron chi connectivity index (χ1n) is 5.51. The summed E-state index contributed by atoms with van der Waals surface area (Å²) < 4.78 is 5.57. The topological polar surface area (TPSA) is 61.0 Å². The fourth-order valence-corrected chi connectivity index (χ4v) is 1.50. The van der Waals surface area contributed by atoms with Crippen LogP contribution in [0.4, 0.5) is 5.82 Å². The van der Waals surface area contributed by atoms with Gasteiger partial charge in [-0.3, -0.25) is 4.98 Å². The number of aryl methyl sites for hydroxylation is 1. The second-order valence-electron chi connectivity index (χ2n) is 3.76. The Kier molecular flexibility index (Phi) is 3.55. The molecule has 4 heteroatoms. The molecule has 0 saturated heterocycles. The van der Waals surface area contributed by atoms with Crippen molar-refractivity contribution in [2.75, 3.05) is 12.3 Å². The summed E-state index contributed by atoms with van der Waals surface area (Å²) in [6.07, 6.45) is 2.53. The van der Waals surface area contributed by atoms with Crippen LogP contribution >= 0.6 is 0 Å². The largest absolute Gasteiger partial charge is 0.489 e. The third-order valence-corrected chi connectivity index (χ3v) is 2.37. The fraction of sp³-hybridized carbons (Fsp3) is 0.231. The number of hydrogen-bond acceptors (Lipinski definition) is 4. The van der Waals surface area contributed by atoms with Crippen LogP contribution in [0.5, 0.6) is 5.75 Å². The number of anilines is 1. The lowest BCUT2D eigenvalue weighted by atomic mass is 10.3. The number of nitrogens with two attached hydrogens (primary N) is 1. The Hall–Kier alpha value is -2.10. The molecule has 0 aliphatic carbocycles. The van der Waals surface area contributed by atoms with Crippen molar-refractivity contribution in [1.29, 1.82) is 0 Å². The zero-order valence-electron chi connectivity index (χ0n) is 9.76. The summed E-state index contributed by atoms with van der Waals surface area (Å²) in [4.78, 5) is 8.36. The zero-order valence-corrected chi connectivity index (χ0v) is 9.76. The Morgan fingerprint density at radius 1 is 1.24 bits per heavy atom. The highest BCUT2D eigenvalue weighted by Gasteiger charge is 2.02. The zero-order chi connectivity index (χ0) is 12.1. The van der Waals surface area contributed by atoms with Gasteiger partial charge in [0.25, 0.3) is 0 Å². The molecule has 0 amide bonds. The predicted octanol–water partition coefficient (Wildman–Crippen LogP) is 1.99. The fourth-order valence-electron chi connectivity index (χ4n) is 1.50. The van der Waals surface area contributed by atoms with Crippen molar-refractivity contribution < 1.29 is 4.74 Å². The first-order valence-corrected chi connectivity index (χ1v) is 5.51. The number of ether oxygens (including phenoxy) is 1. The molecule has 0 aliphatic rings. The van der Waals surface area contributed by atoms with E-state index in [2.05, 4.69) is 9.97 Å². The van der Waals surface area contributed by atoms with Crippen molar-refractivity contribution >= 4 is 5.82 Å². The normalized spacial score (nSPS) is 10.2. The van der Waals surface area contributed by atoms with E-state index in [0.29, 0.717) is 18.2 Å². The van der Waals surface area contributed by atoms with E-state index >= 15 is 0 Å². The smallest absolute Gasteiger partial charge is 0.166 e. The van der Waals surface area contributed by atoms with Gasteiger partial charge in [0.05, 0.1) is 6.61 Å². The summed E-state index contributed by atoms with van der Waals surface area (Å²) >= 11 is 0. The molecule has 88 valence electrons. The lowest BCUT2D eigenvalue weighted by Gasteiger charge is -2.08. The Labute approximate surface area is 100 Å². The summed E-state index contributed by atoms with van der Waals surface area (Å²) in [5, 5.41) is 0. The molecule has 2 aromatic rings. The SMILES string of the molecule is Cc1ccc(OCCc2ccccn2)c(N)n1. The molecule has 0 unspecified atom stereocenters. The average Bonchev–Trinajstić information content (AvgIpc) is 2.33. The lowest BCUT2D eigenvalue weighted by molar-refractivity contribution is 0.321. The number of pyridine rings is 2. The van der Waals surface area contributed by atoms with Crippen molar-refractivity contribution in [3.05, 3.63) is 47.9 Å². The Morgan fingerprint density at radius 3 is 2.82 bits per heavy atom. The van der Waals surface area contributed by atoms with E-state index < -0.39 is 0 Å². The highest BCUT2D eigenvalue weighted by atomic mass is 16.5. The van der Waals surface area contributed by atoms with Gasteiger partial charge in [0.1, 0.15) is 0 Å². The maximum Gasteiger partial charge on any atom is 0.166 e.